The topological polar surface area (TPSA) is 69.0 Å². The highest BCUT2D eigenvalue weighted by Crippen LogP contribution is 2.35. The first-order valence-electron chi connectivity index (χ1n) is 8.57. The van der Waals surface area contributed by atoms with Crippen molar-refractivity contribution in [1.29, 1.82) is 5.26 Å². The van der Waals surface area contributed by atoms with Crippen LogP contribution in [-0.2, 0) is 6.42 Å². The highest BCUT2D eigenvalue weighted by Gasteiger charge is 2.22. The summed E-state index contributed by atoms with van der Waals surface area (Å²) in [6, 6.07) is 10.4. The number of carbonyl (C=O) groups is 1. The first-order valence-corrected chi connectivity index (χ1v) is 8.57. The third-order valence-electron chi connectivity index (χ3n) is 4.65. The Morgan fingerprint density at radius 1 is 1.36 bits per heavy atom. The van der Waals surface area contributed by atoms with Crippen molar-refractivity contribution < 1.29 is 4.79 Å². The molecule has 1 aliphatic rings. The maximum Gasteiger partial charge on any atom is 0.269 e. The molecule has 1 N–H and O–H groups in total. The Balaban J connectivity index is 2.05. The molecule has 25 heavy (non-hydrogen) atoms. The normalized spacial score (nSPS) is 13.3. The van der Waals surface area contributed by atoms with Gasteiger partial charge in [0.25, 0.3) is 5.91 Å². The number of benzene rings is 1. The first-order chi connectivity index (χ1) is 12.0. The molecular weight excluding hydrogens is 312 g/mol. The summed E-state index contributed by atoms with van der Waals surface area (Å²) in [4.78, 5) is 18.2. The molecule has 5 heteroatoms. The maximum absolute atomic E-state index is 11.6. The standard InChI is InChI=1S/C20H22N4O/c1-13(2)24-8-4-5-14-9-17(16(11-21)10-19(14)24)15-6-7-18(23-12-15)20(25)22-3/h6-7,9-10,12-13H,4-5,8H2,1-3H3,(H,22,25). The molecule has 0 saturated carbocycles. The number of hydrogen-bond donors (Lipinski definition) is 1. The molecule has 1 aromatic heterocycles. The van der Waals surface area contributed by atoms with Crippen molar-refractivity contribution in [3.05, 3.63) is 47.3 Å². The Kier molecular flexibility index (Phi) is 4.71. The predicted molar refractivity (Wildman–Crippen MR) is 98.6 cm³/mol. The molecule has 2 aromatic rings. The molecule has 0 spiro atoms. The van der Waals surface area contributed by atoms with E-state index >= 15 is 0 Å². The molecule has 1 aliphatic heterocycles. The van der Waals surface area contributed by atoms with E-state index in [0.717, 1.165) is 36.2 Å². The van der Waals surface area contributed by atoms with Crippen LogP contribution in [0.4, 0.5) is 5.69 Å². The zero-order valence-corrected chi connectivity index (χ0v) is 14.8. The van der Waals surface area contributed by atoms with Crippen LogP contribution in [0.3, 0.4) is 0 Å². The van der Waals surface area contributed by atoms with Crippen molar-refractivity contribution in [3.8, 4) is 17.2 Å². The molecule has 0 saturated heterocycles. The van der Waals surface area contributed by atoms with Crippen LogP contribution in [0.15, 0.2) is 30.5 Å². The Morgan fingerprint density at radius 3 is 2.76 bits per heavy atom. The van der Waals surface area contributed by atoms with Gasteiger partial charge in [-0.15, -0.1) is 0 Å². The van der Waals surface area contributed by atoms with E-state index in [1.54, 1.807) is 19.3 Å². The van der Waals surface area contributed by atoms with Crippen molar-refractivity contribution in [3.63, 3.8) is 0 Å². The van der Waals surface area contributed by atoms with Gasteiger partial charge in [-0.05, 0) is 50.5 Å². The number of fused-ring (bicyclic) bond motifs is 1. The van der Waals surface area contributed by atoms with E-state index in [1.165, 1.54) is 5.56 Å². The minimum Gasteiger partial charge on any atom is -0.369 e. The molecule has 0 fully saturated rings. The third-order valence-corrected chi connectivity index (χ3v) is 4.65. The Hall–Kier alpha value is -2.87. The Labute approximate surface area is 148 Å². The van der Waals surface area contributed by atoms with Crippen molar-refractivity contribution in [2.45, 2.75) is 32.7 Å². The lowest BCUT2D eigenvalue weighted by Gasteiger charge is -2.35. The number of nitrogens with zero attached hydrogens (tertiary/aromatic N) is 3. The van der Waals surface area contributed by atoms with Gasteiger partial charge in [0.15, 0.2) is 0 Å². The molecule has 0 aliphatic carbocycles. The monoisotopic (exact) mass is 334 g/mol. The fourth-order valence-corrected chi connectivity index (χ4v) is 3.34. The van der Waals surface area contributed by atoms with Gasteiger partial charge in [-0.25, -0.2) is 0 Å². The van der Waals surface area contributed by atoms with Gasteiger partial charge in [0.2, 0.25) is 0 Å². The van der Waals surface area contributed by atoms with Crippen LogP contribution >= 0.6 is 0 Å². The summed E-state index contributed by atoms with van der Waals surface area (Å²) >= 11 is 0. The van der Waals surface area contributed by atoms with Gasteiger partial charge in [0.05, 0.1) is 11.6 Å². The van der Waals surface area contributed by atoms with Gasteiger partial charge in [-0.3, -0.25) is 9.78 Å². The largest absolute Gasteiger partial charge is 0.369 e. The molecule has 0 radical (unpaired) electrons. The van der Waals surface area contributed by atoms with E-state index in [2.05, 4.69) is 41.2 Å². The smallest absolute Gasteiger partial charge is 0.269 e. The number of hydrogen-bond acceptors (Lipinski definition) is 4. The summed E-state index contributed by atoms with van der Waals surface area (Å²) < 4.78 is 0. The summed E-state index contributed by atoms with van der Waals surface area (Å²) in [7, 11) is 1.58. The minimum absolute atomic E-state index is 0.218. The number of aromatic nitrogens is 1. The lowest BCUT2D eigenvalue weighted by Crippen LogP contribution is -2.35. The SMILES string of the molecule is CNC(=O)c1ccc(-c2cc3c(cc2C#N)N(C(C)C)CCC3)cn1. The number of amides is 1. The highest BCUT2D eigenvalue weighted by atomic mass is 16.1. The number of nitrogens with one attached hydrogen (secondary N) is 1. The third kappa shape index (κ3) is 3.20. The van der Waals surface area contributed by atoms with E-state index in [1.807, 2.05) is 12.1 Å². The average Bonchev–Trinajstić information content (AvgIpc) is 2.65. The molecule has 0 bridgehead atoms. The Bertz CT molecular complexity index is 834. The number of carbonyl (C=O) groups excluding carboxylic acids is 1. The number of aryl methyl sites for hydroxylation is 1. The predicted octanol–water partition coefficient (Wildman–Crippen LogP) is 3.14. The van der Waals surface area contributed by atoms with Gasteiger partial charge < -0.3 is 10.2 Å². The van der Waals surface area contributed by atoms with Crippen molar-refractivity contribution >= 4 is 11.6 Å². The molecular formula is C20H22N4O. The van der Waals surface area contributed by atoms with E-state index in [9.17, 15) is 10.1 Å². The average molecular weight is 334 g/mol. The highest BCUT2D eigenvalue weighted by molar-refractivity contribution is 5.92. The number of nitriles is 1. The van der Waals surface area contributed by atoms with Crippen LogP contribution in [0, 0.1) is 11.3 Å². The number of pyridine rings is 1. The summed E-state index contributed by atoms with van der Waals surface area (Å²) in [5.74, 6) is -0.218. The summed E-state index contributed by atoms with van der Waals surface area (Å²) in [5, 5.41) is 12.2. The van der Waals surface area contributed by atoms with Crippen molar-refractivity contribution in [2.75, 3.05) is 18.5 Å². The quantitative estimate of drug-likeness (QED) is 0.936. The zero-order chi connectivity index (χ0) is 18.0. The van der Waals surface area contributed by atoms with Crippen LogP contribution in [0.2, 0.25) is 0 Å². The molecule has 1 aromatic carbocycles. The van der Waals surface area contributed by atoms with Crippen LogP contribution in [0.25, 0.3) is 11.1 Å². The zero-order valence-electron chi connectivity index (χ0n) is 14.8. The van der Waals surface area contributed by atoms with E-state index in [4.69, 9.17) is 0 Å². The van der Waals surface area contributed by atoms with Crippen LogP contribution < -0.4 is 10.2 Å². The molecule has 1 amide bonds. The lowest BCUT2D eigenvalue weighted by atomic mass is 9.92. The van der Waals surface area contributed by atoms with E-state index in [-0.39, 0.29) is 5.91 Å². The molecule has 2 heterocycles. The van der Waals surface area contributed by atoms with Crippen molar-refractivity contribution in [2.24, 2.45) is 0 Å². The van der Waals surface area contributed by atoms with Crippen LogP contribution in [-0.4, -0.2) is 30.5 Å². The second kappa shape index (κ2) is 6.94. The summed E-state index contributed by atoms with van der Waals surface area (Å²) in [6.45, 7) is 5.38. The second-order valence-electron chi connectivity index (χ2n) is 6.54. The van der Waals surface area contributed by atoms with Crippen LogP contribution in [0.1, 0.15) is 41.9 Å². The van der Waals surface area contributed by atoms with Crippen molar-refractivity contribution in [1.82, 2.24) is 10.3 Å². The Morgan fingerprint density at radius 2 is 2.16 bits per heavy atom. The lowest BCUT2D eigenvalue weighted by molar-refractivity contribution is 0.0958. The van der Waals surface area contributed by atoms with Gasteiger partial charge >= 0.3 is 0 Å². The molecule has 0 unspecified atom stereocenters. The van der Waals surface area contributed by atoms with Gasteiger partial charge in [0.1, 0.15) is 5.69 Å². The summed E-state index contributed by atoms with van der Waals surface area (Å²) in [6.07, 6.45) is 3.79. The van der Waals surface area contributed by atoms with Gasteiger partial charge in [-0.1, -0.05) is 6.07 Å². The van der Waals surface area contributed by atoms with Crippen LogP contribution in [0.5, 0.6) is 0 Å². The van der Waals surface area contributed by atoms with Gasteiger partial charge in [-0.2, -0.15) is 5.26 Å². The number of anilines is 1. The second-order valence-corrected chi connectivity index (χ2v) is 6.54. The fraction of sp³-hybridized carbons (Fsp3) is 0.350. The summed E-state index contributed by atoms with van der Waals surface area (Å²) in [5.41, 5.74) is 5.17. The fourth-order valence-electron chi connectivity index (χ4n) is 3.34. The molecule has 0 atom stereocenters. The first kappa shape index (κ1) is 17.0. The molecule has 3 rings (SSSR count). The molecule has 128 valence electrons. The van der Waals surface area contributed by atoms with E-state index in [0.29, 0.717) is 17.3 Å². The minimum atomic E-state index is -0.218. The van der Waals surface area contributed by atoms with E-state index < -0.39 is 0 Å². The van der Waals surface area contributed by atoms with Gasteiger partial charge in [0, 0.05) is 42.6 Å². The number of rotatable bonds is 3. The molecule has 5 nitrogen and oxygen atoms in total. The maximum atomic E-state index is 11.6.